The van der Waals surface area contributed by atoms with Crippen LogP contribution < -0.4 is 5.32 Å². The third-order valence-corrected chi connectivity index (χ3v) is 4.17. The van der Waals surface area contributed by atoms with Crippen molar-refractivity contribution in [3.63, 3.8) is 0 Å². The van der Waals surface area contributed by atoms with Crippen LogP contribution in [0.2, 0.25) is 5.02 Å². The number of sulfone groups is 1. The molecular weight excluding hydrogens is 326 g/mol. The molecule has 0 saturated carbocycles. The van der Waals surface area contributed by atoms with E-state index in [1.807, 2.05) is 25.1 Å². The highest BCUT2D eigenvalue weighted by Gasteiger charge is 2.10. The Bertz CT molecular complexity index is 490. The fourth-order valence-electron chi connectivity index (χ4n) is 1.48. The van der Waals surface area contributed by atoms with Gasteiger partial charge in [-0.1, -0.05) is 27.5 Å². The van der Waals surface area contributed by atoms with Crippen LogP contribution in [-0.4, -0.2) is 26.5 Å². The Morgan fingerprint density at radius 2 is 2.12 bits per heavy atom. The maximum absolute atomic E-state index is 11.1. The van der Waals surface area contributed by atoms with Gasteiger partial charge in [0.05, 0.1) is 5.75 Å². The molecule has 0 bridgehead atoms. The number of hydrogen-bond acceptors (Lipinski definition) is 3. The van der Waals surface area contributed by atoms with E-state index in [9.17, 15) is 8.42 Å². The first-order valence-corrected chi connectivity index (χ1v) is 8.36. The van der Waals surface area contributed by atoms with Gasteiger partial charge in [-0.15, -0.1) is 0 Å². The van der Waals surface area contributed by atoms with E-state index in [2.05, 4.69) is 21.2 Å². The number of hydrogen-bond donors (Lipinski definition) is 1. The largest absolute Gasteiger partial charge is 0.309 e. The van der Waals surface area contributed by atoms with Gasteiger partial charge in [0.15, 0.2) is 0 Å². The lowest BCUT2D eigenvalue weighted by Crippen LogP contribution is -2.32. The van der Waals surface area contributed by atoms with E-state index < -0.39 is 9.84 Å². The standard InChI is InChI=1S/C11H15BrClNO2S/c1-8(7-17(2,15)16)14-6-9-5-10(12)3-4-11(9)13/h3-5,8,14H,6-7H2,1-2H3. The molecule has 0 aliphatic heterocycles. The lowest BCUT2D eigenvalue weighted by Gasteiger charge is -2.13. The van der Waals surface area contributed by atoms with Gasteiger partial charge in [-0.3, -0.25) is 0 Å². The van der Waals surface area contributed by atoms with Gasteiger partial charge in [-0.25, -0.2) is 8.42 Å². The van der Waals surface area contributed by atoms with Gasteiger partial charge in [-0.2, -0.15) is 0 Å². The van der Waals surface area contributed by atoms with Crippen LogP contribution in [-0.2, 0) is 16.4 Å². The zero-order chi connectivity index (χ0) is 13.1. The van der Waals surface area contributed by atoms with Gasteiger partial charge in [0, 0.05) is 28.3 Å². The van der Waals surface area contributed by atoms with E-state index in [1.54, 1.807) is 0 Å². The van der Waals surface area contributed by atoms with Crippen LogP contribution >= 0.6 is 27.5 Å². The summed E-state index contributed by atoms with van der Waals surface area (Å²) < 4.78 is 23.2. The van der Waals surface area contributed by atoms with Crippen LogP contribution in [0.5, 0.6) is 0 Å². The molecule has 17 heavy (non-hydrogen) atoms. The van der Waals surface area contributed by atoms with Crippen molar-refractivity contribution >= 4 is 37.4 Å². The fraction of sp³-hybridized carbons (Fsp3) is 0.455. The molecule has 0 aliphatic carbocycles. The van der Waals surface area contributed by atoms with Crippen molar-refractivity contribution in [2.24, 2.45) is 0 Å². The molecule has 0 saturated heterocycles. The predicted molar refractivity (Wildman–Crippen MR) is 75.2 cm³/mol. The summed E-state index contributed by atoms with van der Waals surface area (Å²) in [7, 11) is -2.95. The molecule has 1 N–H and O–H groups in total. The van der Waals surface area contributed by atoms with Crippen molar-refractivity contribution in [2.75, 3.05) is 12.0 Å². The minimum Gasteiger partial charge on any atom is -0.309 e. The summed E-state index contributed by atoms with van der Waals surface area (Å²) in [5.41, 5.74) is 0.946. The van der Waals surface area contributed by atoms with Crippen molar-refractivity contribution < 1.29 is 8.42 Å². The van der Waals surface area contributed by atoms with Crippen molar-refractivity contribution in [3.8, 4) is 0 Å². The molecule has 96 valence electrons. The summed E-state index contributed by atoms with van der Waals surface area (Å²) in [4.78, 5) is 0. The molecule has 1 aromatic carbocycles. The van der Waals surface area contributed by atoms with Crippen LogP contribution in [0.1, 0.15) is 12.5 Å². The Labute approximate surface area is 116 Å². The van der Waals surface area contributed by atoms with Crippen LogP contribution in [0.25, 0.3) is 0 Å². The highest BCUT2D eigenvalue weighted by Crippen LogP contribution is 2.20. The van der Waals surface area contributed by atoms with E-state index in [4.69, 9.17) is 11.6 Å². The molecule has 3 nitrogen and oxygen atoms in total. The average molecular weight is 341 g/mol. The van der Waals surface area contributed by atoms with Crippen molar-refractivity contribution in [2.45, 2.75) is 19.5 Å². The molecule has 0 aliphatic rings. The summed E-state index contributed by atoms with van der Waals surface area (Å²) in [6.07, 6.45) is 1.23. The number of nitrogens with one attached hydrogen (secondary N) is 1. The maximum atomic E-state index is 11.1. The lowest BCUT2D eigenvalue weighted by atomic mass is 10.2. The maximum Gasteiger partial charge on any atom is 0.148 e. The second-order valence-corrected chi connectivity index (χ2v) is 7.62. The normalized spacial score (nSPS) is 13.6. The van der Waals surface area contributed by atoms with Crippen LogP contribution in [0.3, 0.4) is 0 Å². The van der Waals surface area contributed by atoms with E-state index in [1.165, 1.54) is 6.26 Å². The van der Waals surface area contributed by atoms with E-state index in [0.717, 1.165) is 10.0 Å². The first-order valence-electron chi connectivity index (χ1n) is 5.13. The predicted octanol–water partition coefficient (Wildman–Crippen LogP) is 2.63. The highest BCUT2D eigenvalue weighted by molar-refractivity contribution is 9.10. The Kier molecular flexibility index (Phi) is 5.44. The average Bonchev–Trinajstić information content (AvgIpc) is 2.17. The second kappa shape index (κ2) is 6.18. The lowest BCUT2D eigenvalue weighted by molar-refractivity contribution is 0.560. The van der Waals surface area contributed by atoms with Crippen LogP contribution in [0.15, 0.2) is 22.7 Å². The SMILES string of the molecule is CC(CS(C)(=O)=O)NCc1cc(Br)ccc1Cl. The third kappa shape index (κ3) is 5.86. The van der Waals surface area contributed by atoms with E-state index in [-0.39, 0.29) is 11.8 Å². The van der Waals surface area contributed by atoms with Gasteiger partial charge in [0.2, 0.25) is 0 Å². The van der Waals surface area contributed by atoms with Gasteiger partial charge in [-0.05, 0) is 30.7 Å². The zero-order valence-corrected chi connectivity index (χ0v) is 12.9. The van der Waals surface area contributed by atoms with Crippen LogP contribution in [0.4, 0.5) is 0 Å². The molecule has 0 spiro atoms. The Morgan fingerprint density at radius 1 is 1.47 bits per heavy atom. The quantitative estimate of drug-likeness (QED) is 0.896. The molecule has 1 rings (SSSR count). The summed E-state index contributed by atoms with van der Waals surface area (Å²) in [5, 5.41) is 3.81. The summed E-state index contributed by atoms with van der Waals surface area (Å²) in [6, 6.07) is 5.50. The number of halogens is 2. The number of benzene rings is 1. The Morgan fingerprint density at radius 3 is 2.71 bits per heavy atom. The first-order chi connectivity index (χ1) is 7.78. The van der Waals surface area contributed by atoms with Crippen LogP contribution in [0, 0.1) is 0 Å². The second-order valence-electron chi connectivity index (χ2n) is 4.11. The zero-order valence-electron chi connectivity index (χ0n) is 9.70. The molecule has 1 aromatic rings. The van der Waals surface area contributed by atoms with E-state index >= 15 is 0 Å². The minimum atomic E-state index is -2.95. The molecule has 0 radical (unpaired) electrons. The minimum absolute atomic E-state index is 0.0972. The van der Waals surface area contributed by atoms with Gasteiger partial charge in [0.25, 0.3) is 0 Å². The highest BCUT2D eigenvalue weighted by atomic mass is 79.9. The van der Waals surface area contributed by atoms with Crippen molar-refractivity contribution in [1.29, 1.82) is 0 Å². The molecule has 0 heterocycles. The number of rotatable bonds is 5. The van der Waals surface area contributed by atoms with Gasteiger partial charge < -0.3 is 5.32 Å². The molecule has 1 unspecified atom stereocenters. The monoisotopic (exact) mass is 339 g/mol. The van der Waals surface area contributed by atoms with Gasteiger partial charge in [0.1, 0.15) is 9.84 Å². The summed E-state index contributed by atoms with van der Waals surface area (Å²) >= 11 is 9.40. The Hall–Kier alpha value is -0.100. The molecule has 0 aromatic heterocycles. The molecule has 0 amide bonds. The fourth-order valence-corrected chi connectivity index (χ4v) is 3.09. The van der Waals surface area contributed by atoms with Gasteiger partial charge >= 0.3 is 0 Å². The smallest absolute Gasteiger partial charge is 0.148 e. The molecule has 6 heteroatoms. The Balaban J connectivity index is 2.58. The topological polar surface area (TPSA) is 46.2 Å². The first kappa shape index (κ1) is 15.0. The molecule has 0 fully saturated rings. The summed E-state index contributed by atoms with van der Waals surface area (Å²) in [5.74, 6) is 0.124. The van der Waals surface area contributed by atoms with E-state index in [0.29, 0.717) is 11.6 Å². The van der Waals surface area contributed by atoms with Crippen molar-refractivity contribution in [3.05, 3.63) is 33.3 Å². The summed E-state index contributed by atoms with van der Waals surface area (Å²) in [6.45, 7) is 2.39. The molecule has 1 atom stereocenters. The van der Waals surface area contributed by atoms with Crippen molar-refractivity contribution in [1.82, 2.24) is 5.32 Å². The molecular formula is C11H15BrClNO2S. The third-order valence-electron chi connectivity index (χ3n) is 2.20.